The van der Waals surface area contributed by atoms with Crippen LogP contribution in [0.15, 0.2) is 66.9 Å². The Labute approximate surface area is 153 Å². The third-order valence-electron chi connectivity index (χ3n) is 3.60. The van der Waals surface area contributed by atoms with Crippen LogP contribution in [0.25, 0.3) is 17.7 Å². The summed E-state index contributed by atoms with van der Waals surface area (Å²) in [5.41, 5.74) is 2.48. The minimum atomic E-state index is -1.03. The number of benzene rings is 2. The Morgan fingerprint density at radius 2 is 1.62 bits per heavy atom. The lowest BCUT2D eigenvalue weighted by molar-refractivity contribution is -0.130. The second kappa shape index (κ2) is 9.89. The van der Waals surface area contributed by atoms with E-state index in [2.05, 4.69) is 0 Å². The lowest BCUT2D eigenvalue weighted by atomic mass is 10.00. The number of carbonyl (C=O) groups is 1. The lowest BCUT2D eigenvalue weighted by Crippen LogP contribution is -2.02. The Kier molecular flexibility index (Phi) is 7.25. The summed E-state index contributed by atoms with van der Waals surface area (Å²) < 4.78 is 10.5. The van der Waals surface area contributed by atoms with E-state index in [1.807, 2.05) is 67.6 Å². The lowest BCUT2D eigenvalue weighted by Gasteiger charge is -2.07. The summed E-state index contributed by atoms with van der Waals surface area (Å²) in [6.07, 6.45) is 8.82. The molecule has 1 N–H and O–H groups in total. The number of aliphatic carboxylic acids is 1. The van der Waals surface area contributed by atoms with Crippen molar-refractivity contribution in [3.8, 4) is 5.75 Å². The number of allylic oxidation sites excluding steroid dienone is 2. The molecule has 0 unspecified atom stereocenters. The Morgan fingerprint density at radius 3 is 2.27 bits per heavy atom. The van der Waals surface area contributed by atoms with Crippen molar-refractivity contribution in [1.29, 1.82) is 0 Å². The van der Waals surface area contributed by atoms with Crippen molar-refractivity contribution in [3.05, 3.63) is 83.6 Å². The van der Waals surface area contributed by atoms with E-state index in [4.69, 9.17) is 9.47 Å². The van der Waals surface area contributed by atoms with Crippen LogP contribution < -0.4 is 4.74 Å². The van der Waals surface area contributed by atoms with E-state index in [0.717, 1.165) is 16.9 Å². The summed E-state index contributed by atoms with van der Waals surface area (Å²) in [7, 11) is 1.43. The molecule has 4 heteroatoms. The zero-order chi connectivity index (χ0) is 18.8. The SMILES string of the molecule is CCOc1ccccc1/C=C/C=C/c1ccccc1/C(=C\OC)C(=O)O. The van der Waals surface area contributed by atoms with E-state index in [1.54, 1.807) is 12.1 Å². The zero-order valence-electron chi connectivity index (χ0n) is 14.9. The van der Waals surface area contributed by atoms with Gasteiger partial charge in [0.25, 0.3) is 0 Å². The quantitative estimate of drug-likeness (QED) is 0.419. The van der Waals surface area contributed by atoms with Crippen molar-refractivity contribution in [1.82, 2.24) is 0 Å². The molecule has 0 bridgehead atoms. The fraction of sp³-hybridized carbons (Fsp3) is 0.136. The van der Waals surface area contributed by atoms with Crippen molar-refractivity contribution >= 4 is 23.7 Å². The van der Waals surface area contributed by atoms with Crippen molar-refractivity contribution in [2.75, 3.05) is 13.7 Å². The van der Waals surface area contributed by atoms with E-state index < -0.39 is 5.97 Å². The summed E-state index contributed by atoms with van der Waals surface area (Å²) in [4.78, 5) is 11.5. The highest BCUT2D eigenvalue weighted by Gasteiger charge is 2.13. The van der Waals surface area contributed by atoms with E-state index in [0.29, 0.717) is 12.2 Å². The van der Waals surface area contributed by atoms with Crippen LogP contribution in [0.4, 0.5) is 0 Å². The zero-order valence-corrected chi connectivity index (χ0v) is 14.9. The molecule has 0 aliphatic heterocycles. The van der Waals surface area contributed by atoms with Gasteiger partial charge >= 0.3 is 5.97 Å². The second-order valence-electron chi connectivity index (χ2n) is 5.35. The van der Waals surface area contributed by atoms with Crippen LogP contribution in [0.3, 0.4) is 0 Å². The second-order valence-corrected chi connectivity index (χ2v) is 5.35. The minimum Gasteiger partial charge on any atom is -0.503 e. The molecule has 0 spiro atoms. The first-order chi connectivity index (χ1) is 12.7. The topological polar surface area (TPSA) is 55.8 Å². The summed E-state index contributed by atoms with van der Waals surface area (Å²) in [6.45, 7) is 2.56. The highest BCUT2D eigenvalue weighted by molar-refractivity contribution is 6.16. The number of hydrogen-bond acceptors (Lipinski definition) is 3. The predicted octanol–water partition coefficient (Wildman–Crippen LogP) is 4.88. The maximum Gasteiger partial charge on any atom is 0.339 e. The van der Waals surface area contributed by atoms with Gasteiger partial charge in [-0.05, 0) is 24.1 Å². The minimum absolute atomic E-state index is 0.110. The standard InChI is InChI=1S/C22H22O4/c1-3-26-21-15-9-7-13-18(21)12-5-4-10-17-11-6-8-14-19(17)20(16-25-2)22(23)24/h4-16H,3H2,1-2H3,(H,23,24)/b10-4+,12-5+,20-16+. The van der Waals surface area contributed by atoms with Gasteiger partial charge in [0, 0.05) is 5.56 Å². The van der Waals surface area contributed by atoms with Crippen molar-refractivity contribution in [2.45, 2.75) is 6.92 Å². The molecule has 0 aromatic heterocycles. The molecule has 0 radical (unpaired) electrons. The van der Waals surface area contributed by atoms with Crippen molar-refractivity contribution < 1.29 is 19.4 Å². The summed E-state index contributed by atoms with van der Waals surface area (Å²) in [5, 5.41) is 9.38. The van der Waals surface area contributed by atoms with E-state index >= 15 is 0 Å². The number of ether oxygens (including phenoxy) is 2. The Hall–Kier alpha value is -3.27. The molecule has 0 aliphatic carbocycles. The summed E-state index contributed by atoms with van der Waals surface area (Å²) in [5.74, 6) is -0.204. The molecule has 134 valence electrons. The molecule has 2 rings (SSSR count). The predicted molar refractivity (Wildman–Crippen MR) is 105 cm³/mol. The Morgan fingerprint density at radius 1 is 1.00 bits per heavy atom. The fourth-order valence-electron chi connectivity index (χ4n) is 2.46. The number of methoxy groups -OCH3 is 1. The number of rotatable bonds is 8. The maximum absolute atomic E-state index is 11.5. The van der Waals surface area contributed by atoms with Crippen molar-refractivity contribution in [3.63, 3.8) is 0 Å². The van der Waals surface area contributed by atoms with Gasteiger partial charge in [-0.15, -0.1) is 0 Å². The molecule has 0 fully saturated rings. The third kappa shape index (κ3) is 5.11. The molecule has 0 heterocycles. The molecular formula is C22H22O4. The number of carboxylic acids is 1. The third-order valence-corrected chi connectivity index (χ3v) is 3.60. The smallest absolute Gasteiger partial charge is 0.339 e. The largest absolute Gasteiger partial charge is 0.503 e. The van der Waals surface area contributed by atoms with Gasteiger partial charge in [0.2, 0.25) is 0 Å². The van der Waals surface area contributed by atoms with E-state index in [-0.39, 0.29) is 5.57 Å². The Balaban J connectivity index is 2.24. The van der Waals surface area contributed by atoms with Crippen LogP contribution in [0, 0.1) is 0 Å². The molecule has 2 aromatic rings. The normalized spacial score (nSPS) is 11.8. The monoisotopic (exact) mass is 350 g/mol. The molecule has 2 aromatic carbocycles. The first kappa shape index (κ1) is 19.1. The number of hydrogen-bond donors (Lipinski definition) is 1. The highest BCUT2D eigenvalue weighted by atomic mass is 16.5. The van der Waals surface area contributed by atoms with E-state index in [9.17, 15) is 9.90 Å². The molecule has 0 amide bonds. The van der Waals surface area contributed by atoms with Crippen LogP contribution in [-0.2, 0) is 9.53 Å². The van der Waals surface area contributed by atoms with Crippen LogP contribution >= 0.6 is 0 Å². The molecule has 0 atom stereocenters. The van der Waals surface area contributed by atoms with Gasteiger partial charge in [-0.1, -0.05) is 66.8 Å². The van der Waals surface area contributed by atoms with Gasteiger partial charge in [0.1, 0.15) is 11.3 Å². The van der Waals surface area contributed by atoms with Crippen LogP contribution in [-0.4, -0.2) is 24.8 Å². The average molecular weight is 350 g/mol. The van der Waals surface area contributed by atoms with E-state index in [1.165, 1.54) is 13.4 Å². The van der Waals surface area contributed by atoms with Gasteiger partial charge in [-0.2, -0.15) is 0 Å². The molecule has 0 saturated carbocycles. The van der Waals surface area contributed by atoms with Gasteiger partial charge in [0.05, 0.1) is 20.0 Å². The fourth-order valence-corrected chi connectivity index (χ4v) is 2.46. The Bertz CT molecular complexity index is 832. The van der Waals surface area contributed by atoms with Crippen molar-refractivity contribution in [2.24, 2.45) is 0 Å². The number of para-hydroxylation sites is 1. The van der Waals surface area contributed by atoms with Gasteiger partial charge in [0.15, 0.2) is 0 Å². The first-order valence-corrected chi connectivity index (χ1v) is 8.29. The maximum atomic E-state index is 11.5. The molecule has 0 saturated heterocycles. The highest BCUT2D eigenvalue weighted by Crippen LogP contribution is 2.22. The number of carboxylic acid groups (broad SMARTS) is 1. The average Bonchev–Trinajstić information content (AvgIpc) is 2.65. The molecular weight excluding hydrogens is 328 g/mol. The van der Waals surface area contributed by atoms with Crippen LogP contribution in [0.2, 0.25) is 0 Å². The van der Waals surface area contributed by atoms with Crippen LogP contribution in [0.5, 0.6) is 5.75 Å². The molecule has 4 nitrogen and oxygen atoms in total. The molecule has 26 heavy (non-hydrogen) atoms. The van der Waals surface area contributed by atoms with Gasteiger partial charge in [-0.3, -0.25) is 0 Å². The van der Waals surface area contributed by atoms with Crippen LogP contribution in [0.1, 0.15) is 23.6 Å². The molecule has 0 aliphatic rings. The summed E-state index contributed by atoms with van der Waals surface area (Å²) in [6, 6.07) is 15.1. The summed E-state index contributed by atoms with van der Waals surface area (Å²) >= 11 is 0. The van der Waals surface area contributed by atoms with Gasteiger partial charge < -0.3 is 14.6 Å². The first-order valence-electron chi connectivity index (χ1n) is 8.29. The van der Waals surface area contributed by atoms with Gasteiger partial charge in [-0.25, -0.2) is 4.79 Å².